The van der Waals surface area contributed by atoms with Crippen molar-refractivity contribution >= 4 is 28.9 Å². The van der Waals surface area contributed by atoms with E-state index in [1.165, 1.54) is 25.7 Å². The van der Waals surface area contributed by atoms with Crippen LogP contribution in [0.4, 0.5) is 5.82 Å². The van der Waals surface area contributed by atoms with Crippen LogP contribution < -0.4 is 16.8 Å². The first-order chi connectivity index (χ1) is 10.4. The first-order valence-corrected chi connectivity index (χ1v) is 6.22. The number of nitrogens with two attached hydrogens (primary N) is 2. The quantitative estimate of drug-likeness (QED) is 0.358. The Balaban J connectivity index is 0.000000186. The second-order valence-electron chi connectivity index (χ2n) is 4.15. The van der Waals surface area contributed by atoms with Crippen LogP contribution in [0.25, 0.3) is 11.2 Å². The standard InChI is InChI=1S/C5H5N5.C4H7NO4.C2H5N/c6-4-3-5(9-1-7-3)10-2-8-4;5-2(4(8)9)1-3(6)7;1-2-3-1/h1-2H,(H3,6,7,8,9,10);2H,1,5H2,(H,6,7)(H,8,9);3H,1-2H2. The van der Waals surface area contributed by atoms with Crippen molar-refractivity contribution in [1.29, 1.82) is 0 Å². The molecule has 1 saturated heterocycles. The molecule has 22 heavy (non-hydrogen) atoms. The average Bonchev–Trinajstić information content (AvgIpc) is 3.25. The van der Waals surface area contributed by atoms with Crippen LogP contribution in [-0.4, -0.2) is 61.2 Å². The summed E-state index contributed by atoms with van der Waals surface area (Å²) < 4.78 is 0. The van der Waals surface area contributed by atoms with Crippen LogP contribution in [-0.2, 0) is 9.59 Å². The topological polar surface area (TPSA) is 203 Å². The van der Waals surface area contributed by atoms with E-state index in [2.05, 4.69) is 25.3 Å². The number of fused-ring (bicyclic) bond motifs is 1. The van der Waals surface area contributed by atoms with E-state index in [9.17, 15) is 9.59 Å². The van der Waals surface area contributed by atoms with Gasteiger partial charge in [-0.25, -0.2) is 15.0 Å². The summed E-state index contributed by atoms with van der Waals surface area (Å²) in [6.07, 6.45) is 2.39. The summed E-state index contributed by atoms with van der Waals surface area (Å²) >= 11 is 0. The molecule has 1 aliphatic rings. The summed E-state index contributed by atoms with van der Waals surface area (Å²) in [6, 6.07) is -1.29. The highest BCUT2D eigenvalue weighted by atomic mass is 16.4. The van der Waals surface area contributed by atoms with Crippen molar-refractivity contribution in [3.8, 4) is 0 Å². The fourth-order valence-corrected chi connectivity index (χ4v) is 1.06. The zero-order valence-corrected chi connectivity index (χ0v) is 11.6. The Kier molecular flexibility index (Phi) is 6.66. The van der Waals surface area contributed by atoms with Crippen LogP contribution in [0.1, 0.15) is 6.42 Å². The Morgan fingerprint density at radius 1 is 1.27 bits per heavy atom. The summed E-state index contributed by atoms with van der Waals surface area (Å²) in [4.78, 5) is 34.0. The molecule has 0 radical (unpaired) electrons. The van der Waals surface area contributed by atoms with Crippen LogP contribution in [0, 0.1) is 0 Å². The summed E-state index contributed by atoms with van der Waals surface area (Å²) in [5, 5.41) is 19.0. The van der Waals surface area contributed by atoms with Gasteiger partial charge >= 0.3 is 11.9 Å². The number of aliphatic carboxylic acids is 2. The molecule has 120 valence electrons. The van der Waals surface area contributed by atoms with Gasteiger partial charge in [0.1, 0.15) is 17.9 Å². The van der Waals surface area contributed by atoms with Crippen molar-refractivity contribution in [3.63, 3.8) is 0 Å². The molecule has 2 aromatic heterocycles. The molecule has 3 heterocycles. The van der Waals surface area contributed by atoms with Crippen LogP contribution >= 0.6 is 0 Å². The molecule has 0 spiro atoms. The zero-order valence-electron chi connectivity index (χ0n) is 11.6. The molecule has 0 aliphatic carbocycles. The number of aromatic nitrogens is 4. The van der Waals surface area contributed by atoms with E-state index in [4.69, 9.17) is 21.7 Å². The molecule has 0 bridgehead atoms. The maximum Gasteiger partial charge on any atom is 0.321 e. The molecular formula is C11H17N7O4. The Morgan fingerprint density at radius 3 is 2.32 bits per heavy atom. The first-order valence-electron chi connectivity index (χ1n) is 6.22. The molecule has 1 aliphatic heterocycles. The van der Waals surface area contributed by atoms with Crippen molar-refractivity contribution in [2.24, 2.45) is 5.73 Å². The van der Waals surface area contributed by atoms with Gasteiger partial charge in [0.2, 0.25) is 0 Å². The van der Waals surface area contributed by atoms with Gasteiger partial charge in [-0.05, 0) is 0 Å². The minimum Gasteiger partial charge on any atom is -0.481 e. The van der Waals surface area contributed by atoms with E-state index in [-0.39, 0.29) is 0 Å². The molecule has 11 nitrogen and oxygen atoms in total. The van der Waals surface area contributed by atoms with Gasteiger partial charge in [0.05, 0.1) is 12.7 Å². The van der Waals surface area contributed by atoms with Crippen molar-refractivity contribution in [2.75, 3.05) is 18.8 Å². The van der Waals surface area contributed by atoms with Crippen LogP contribution in [0.15, 0.2) is 12.7 Å². The lowest BCUT2D eigenvalue weighted by atomic mass is 10.2. The molecule has 0 saturated carbocycles. The van der Waals surface area contributed by atoms with E-state index in [0.717, 1.165) is 0 Å². The van der Waals surface area contributed by atoms with Gasteiger partial charge in [-0.2, -0.15) is 0 Å². The maximum atomic E-state index is 9.85. The van der Waals surface area contributed by atoms with E-state index in [1.54, 1.807) is 0 Å². The lowest BCUT2D eigenvalue weighted by molar-refractivity contribution is -0.144. The lowest BCUT2D eigenvalue weighted by Gasteiger charge is -1.99. The molecule has 0 amide bonds. The van der Waals surface area contributed by atoms with E-state index < -0.39 is 24.4 Å². The zero-order chi connectivity index (χ0) is 16.5. The van der Waals surface area contributed by atoms with Gasteiger partial charge < -0.3 is 32.0 Å². The SMILES string of the molecule is C1CN1.NC(CC(=O)O)C(=O)O.Nc1ncnc2nc[nH]c12. The number of carboxylic acid groups (broad SMARTS) is 2. The van der Waals surface area contributed by atoms with Gasteiger partial charge in [-0.3, -0.25) is 9.59 Å². The Morgan fingerprint density at radius 2 is 1.91 bits per heavy atom. The van der Waals surface area contributed by atoms with E-state index in [1.807, 2.05) is 0 Å². The van der Waals surface area contributed by atoms with Crippen molar-refractivity contribution in [3.05, 3.63) is 12.7 Å². The highest BCUT2D eigenvalue weighted by molar-refractivity contribution is 5.80. The number of anilines is 1. The molecule has 11 heteroatoms. The lowest BCUT2D eigenvalue weighted by Crippen LogP contribution is -2.32. The fraction of sp³-hybridized carbons (Fsp3) is 0.364. The second kappa shape index (κ2) is 8.49. The van der Waals surface area contributed by atoms with Crippen molar-refractivity contribution < 1.29 is 19.8 Å². The van der Waals surface area contributed by atoms with Crippen molar-refractivity contribution in [1.82, 2.24) is 25.3 Å². The number of nitrogens with zero attached hydrogens (tertiary/aromatic N) is 3. The predicted octanol–water partition coefficient (Wildman–Crippen LogP) is -1.60. The number of rotatable bonds is 3. The molecule has 3 rings (SSSR count). The molecule has 1 atom stereocenters. The van der Waals surface area contributed by atoms with Gasteiger partial charge in [-0.1, -0.05) is 0 Å². The maximum absolute atomic E-state index is 9.85. The molecule has 1 unspecified atom stereocenters. The van der Waals surface area contributed by atoms with Gasteiger partial charge in [0.15, 0.2) is 11.5 Å². The molecular weight excluding hydrogens is 294 g/mol. The fourth-order valence-electron chi connectivity index (χ4n) is 1.06. The monoisotopic (exact) mass is 311 g/mol. The Labute approximate surface area is 124 Å². The smallest absolute Gasteiger partial charge is 0.321 e. The number of carboxylic acids is 2. The average molecular weight is 311 g/mol. The minimum atomic E-state index is -1.29. The normalized spacial score (nSPS) is 13.1. The largest absolute Gasteiger partial charge is 0.481 e. The summed E-state index contributed by atoms with van der Waals surface area (Å²) in [5.41, 5.74) is 11.6. The highest BCUT2D eigenvalue weighted by Gasteiger charge is 2.14. The summed E-state index contributed by atoms with van der Waals surface area (Å²) in [5.74, 6) is -2.06. The number of imidazole rings is 1. The number of carbonyl (C=O) groups is 2. The number of aromatic amines is 1. The number of H-pyrrole nitrogens is 1. The second-order valence-corrected chi connectivity index (χ2v) is 4.15. The molecule has 1 fully saturated rings. The number of hydrogen-bond acceptors (Lipinski definition) is 8. The van der Waals surface area contributed by atoms with Gasteiger partial charge in [0, 0.05) is 13.1 Å². The van der Waals surface area contributed by atoms with Crippen LogP contribution in [0.2, 0.25) is 0 Å². The third-order valence-corrected chi connectivity index (χ3v) is 2.21. The van der Waals surface area contributed by atoms with E-state index >= 15 is 0 Å². The highest BCUT2D eigenvalue weighted by Crippen LogP contribution is 2.09. The van der Waals surface area contributed by atoms with Crippen LogP contribution in [0.5, 0.6) is 0 Å². The summed E-state index contributed by atoms with van der Waals surface area (Å²) in [7, 11) is 0. The number of nitrogen functional groups attached to an aromatic ring is 1. The van der Waals surface area contributed by atoms with E-state index in [0.29, 0.717) is 17.0 Å². The minimum absolute atomic E-state index is 0.433. The number of hydrogen-bond donors (Lipinski definition) is 6. The van der Waals surface area contributed by atoms with Gasteiger partial charge in [-0.15, -0.1) is 0 Å². The molecule has 2 aromatic rings. The Hall–Kier alpha value is -2.79. The molecule has 8 N–H and O–H groups in total. The van der Waals surface area contributed by atoms with Crippen molar-refractivity contribution in [2.45, 2.75) is 12.5 Å². The van der Waals surface area contributed by atoms with Crippen LogP contribution in [0.3, 0.4) is 0 Å². The third kappa shape index (κ3) is 6.58. The number of nitrogens with one attached hydrogen (secondary N) is 2. The molecule has 0 aromatic carbocycles. The Bertz CT molecular complexity index is 625. The predicted molar refractivity (Wildman–Crippen MR) is 76.8 cm³/mol. The third-order valence-electron chi connectivity index (χ3n) is 2.21. The first kappa shape index (κ1) is 17.3. The summed E-state index contributed by atoms with van der Waals surface area (Å²) in [6.45, 7) is 2.50. The van der Waals surface area contributed by atoms with Gasteiger partial charge in [0.25, 0.3) is 0 Å².